The van der Waals surface area contributed by atoms with Gasteiger partial charge in [0.05, 0.1) is 6.04 Å². The molecule has 0 aliphatic rings. The topological polar surface area (TPSA) is 52.0 Å². The van der Waals surface area contributed by atoms with Gasteiger partial charge in [-0.2, -0.15) is 0 Å². The summed E-state index contributed by atoms with van der Waals surface area (Å²) in [6.07, 6.45) is 3.26. The Morgan fingerprint density at radius 1 is 1.44 bits per heavy atom. The van der Waals surface area contributed by atoms with Crippen LogP contribution in [0.5, 0.6) is 0 Å². The van der Waals surface area contributed by atoms with Crippen molar-refractivity contribution in [2.24, 2.45) is 11.5 Å². The molecule has 0 radical (unpaired) electrons. The van der Waals surface area contributed by atoms with Gasteiger partial charge < -0.3 is 11.5 Å². The van der Waals surface area contributed by atoms with Crippen molar-refractivity contribution in [3.63, 3.8) is 0 Å². The number of hydrogen-bond donors (Lipinski definition) is 2. The summed E-state index contributed by atoms with van der Waals surface area (Å²) in [4.78, 5) is 0. The molecule has 0 aromatic carbocycles. The molecule has 2 atom stereocenters. The lowest BCUT2D eigenvalue weighted by atomic mass is 10.2. The average molecular weight is 132 g/mol. The summed E-state index contributed by atoms with van der Waals surface area (Å²) < 4.78 is 11.6. The van der Waals surface area contributed by atoms with Gasteiger partial charge in [-0.25, -0.2) is 4.39 Å². The van der Waals surface area contributed by atoms with Gasteiger partial charge in [0.25, 0.3) is 0 Å². The highest BCUT2D eigenvalue weighted by Crippen LogP contribution is 1.85. The number of rotatable bonds is 3. The van der Waals surface area contributed by atoms with Crippen LogP contribution in [0, 0.1) is 0 Å². The van der Waals surface area contributed by atoms with Crippen LogP contribution in [0.3, 0.4) is 0 Å². The Balaban J connectivity index is 3.43. The molecule has 0 amide bonds. The van der Waals surface area contributed by atoms with E-state index >= 15 is 0 Å². The Hall–Kier alpha value is -0.410. The van der Waals surface area contributed by atoms with Gasteiger partial charge in [0, 0.05) is 6.04 Å². The minimum atomic E-state index is -0.525. The molecule has 0 aromatic heterocycles. The fraction of sp³-hybridized carbons (Fsp3) is 0.667. The number of nitrogens with two attached hydrogens (primary N) is 2. The summed E-state index contributed by atoms with van der Waals surface area (Å²) in [7, 11) is 0. The van der Waals surface area contributed by atoms with Crippen molar-refractivity contribution in [2.75, 3.05) is 6.67 Å². The lowest BCUT2D eigenvalue weighted by Gasteiger charge is -1.99. The molecule has 2 nitrogen and oxygen atoms in total. The largest absolute Gasteiger partial charge is 0.325 e. The minimum Gasteiger partial charge on any atom is -0.325 e. The predicted octanol–water partition coefficient (Wildman–Crippen LogP) is 0.187. The van der Waals surface area contributed by atoms with E-state index in [9.17, 15) is 4.39 Å². The minimum absolute atomic E-state index is 0.0393. The van der Waals surface area contributed by atoms with Gasteiger partial charge in [0.1, 0.15) is 6.67 Å². The van der Waals surface area contributed by atoms with E-state index in [2.05, 4.69) is 0 Å². The fourth-order valence-electron chi connectivity index (χ4n) is 0.369. The second-order valence-electron chi connectivity index (χ2n) is 2.06. The summed E-state index contributed by atoms with van der Waals surface area (Å²) in [5.41, 5.74) is 10.5. The molecule has 0 spiro atoms. The van der Waals surface area contributed by atoms with E-state index in [4.69, 9.17) is 11.5 Å². The van der Waals surface area contributed by atoms with Gasteiger partial charge in [-0.15, -0.1) is 0 Å². The molecule has 0 rings (SSSR count). The monoisotopic (exact) mass is 132 g/mol. The highest BCUT2D eigenvalue weighted by molar-refractivity contribution is 4.95. The lowest BCUT2D eigenvalue weighted by molar-refractivity contribution is 0.464. The Labute approximate surface area is 54.7 Å². The highest BCUT2D eigenvalue weighted by atomic mass is 19.1. The van der Waals surface area contributed by atoms with Crippen molar-refractivity contribution in [1.29, 1.82) is 0 Å². The van der Waals surface area contributed by atoms with E-state index in [1.807, 2.05) is 0 Å². The summed E-state index contributed by atoms with van der Waals surface area (Å²) in [6.45, 7) is 1.28. The van der Waals surface area contributed by atoms with Crippen LogP contribution in [0.1, 0.15) is 6.92 Å². The third-order valence-corrected chi connectivity index (χ3v) is 0.840. The standard InChI is InChI=1S/C6H13FN2/c1-5(8)2-3-6(9)4-7/h2-3,5-6H,4,8-9H2,1H3. The van der Waals surface area contributed by atoms with E-state index < -0.39 is 12.7 Å². The number of alkyl halides is 1. The number of hydrogen-bond acceptors (Lipinski definition) is 2. The van der Waals surface area contributed by atoms with Gasteiger partial charge in [-0.05, 0) is 6.92 Å². The number of halogens is 1. The third-order valence-electron chi connectivity index (χ3n) is 0.840. The maximum atomic E-state index is 11.6. The van der Waals surface area contributed by atoms with Crippen LogP contribution in [0.25, 0.3) is 0 Å². The Morgan fingerprint density at radius 2 is 2.00 bits per heavy atom. The van der Waals surface area contributed by atoms with Gasteiger partial charge in [0.2, 0.25) is 0 Å². The maximum Gasteiger partial charge on any atom is 0.108 e. The van der Waals surface area contributed by atoms with Crippen LogP contribution >= 0.6 is 0 Å². The molecule has 0 aliphatic carbocycles. The Kier molecular flexibility index (Phi) is 4.26. The van der Waals surface area contributed by atoms with E-state index in [1.165, 1.54) is 0 Å². The first-order chi connectivity index (χ1) is 4.16. The molecule has 4 N–H and O–H groups in total. The van der Waals surface area contributed by atoms with Crippen molar-refractivity contribution < 1.29 is 4.39 Å². The SMILES string of the molecule is CC(N)C=CC(N)CF. The summed E-state index contributed by atoms with van der Waals surface area (Å²) in [5.74, 6) is 0. The molecule has 3 heteroatoms. The second kappa shape index (κ2) is 4.47. The van der Waals surface area contributed by atoms with Crippen molar-refractivity contribution >= 4 is 0 Å². The predicted molar refractivity (Wildman–Crippen MR) is 36.7 cm³/mol. The van der Waals surface area contributed by atoms with Gasteiger partial charge in [-0.1, -0.05) is 12.2 Å². The average Bonchev–Trinajstić information content (AvgIpc) is 1.83. The Bertz CT molecular complexity index is 91.1. The summed E-state index contributed by atoms with van der Waals surface area (Å²) in [6, 6.07) is -0.529. The quantitative estimate of drug-likeness (QED) is 0.538. The van der Waals surface area contributed by atoms with Crippen molar-refractivity contribution in [3.05, 3.63) is 12.2 Å². The van der Waals surface area contributed by atoms with Crippen LogP contribution in [0.4, 0.5) is 4.39 Å². The molecule has 0 saturated heterocycles. The lowest BCUT2D eigenvalue weighted by Crippen LogP contribution is -2.20. The zero-order chi connectivity index (χ0) is 7.28. The Morgan fingerprint density at radius 3 is 2.33 bits per heavy atom. The van der Waals surface area contributed by atoms with Crippen molar-refractivity contribution in [3.8, 4) is 0 Å². The molecule has 0 heterocycles. The molecule has 0 bridgehead atoms. The van der Waals surface area contributed by atoms with Crippen molar-refractivity contribution in [1.82, 2.24) is 0 Å². The first kappa shape index (κ1) is 8.59. The van der Waals surface area contributed by atoms with Gasteiger partial charge in [-0.3, -0.25) is 0 Å². The van der Waals surface area contributed by atoms with Crippen LogP contribution in [0.15, 0.2) is 12.2 Å². The van der Waals surface area contributed by atoms with Crippen LogP contribution in [-0.2, 0) is 0 Å². The molecule has 0 aliphatic heterocycles. The molecule has 2 unspecified atom stereocenters. The smallest absolute Gasteiger partial charge is 0.108 e. The third kappa shape index (κ3) is 5.46. The highest BCUT2D eigenvalue weighted by Gasteiger charge is 1.93. The zero-order valence-corrected chi connectivity index (χ0v) is 5.55. The molecule has 0 aromatic rings. The van der Waals surface area contributed by atoms with Crippen molar-refractivity contribution in [2.45, 2.75) is 19.0 Å². The molecule has 9 heavy (non-hydrogen) atoms. The fourth-order valence-corrected chi connectivity index (χ4v) is 0.369. The van der Waals surface area contributed by atoms with E-state index in [-0.39, 0.29) is 6.04 Å². The van der Waals surface area contributed by atoms with Crippen LogP contribution < -0.4 is 11.5 Å². The molecule has 0 saturated carbocycles. The first-order valence-electron chi connectivity index (χ1n) is 2.92. The summed E-state index contributed by atoms with van der Waals surface area (Å²) >= 11 is 0. The molecular formula is C6H13FN2. The van der Waals surface area contributed by atoms with Crippen LogP contribution in [0.2, 0.25) is 0 Å². The maximum absolute atomic E-state index is 11.6. The molecular weight excluding hydrogens is 119 g/mol. The summed E-state index contributed by atoms with van der Waals surface area (Å²) in [5, 5.41) is 0. The second-order valence-corrected chi connectivity index (χ2v) is 2.06. The molecule has 54 valence electrons. The van der Waals surface area contributed by atoms with Gasteiger partial charge in [0.15, 0.2) is 0 Å². The van der Waals surface area contributed by atoms with E-state index in [0.29, 0.717) is 0 Å². The normalized spacial score (nSPS) is 18.2. The van der Waals surface area contributed by atoms with Gasteiger partial charge >= 0.3 is 0 Å². The molecule has 0 fully saturated rings. The van der Waals surface area contributed by atoms with Crippen LogP contribution in [-0.4, -0.2) is 18.8 Å². The zero-order valence-electron chi connectivity index (χ0n) is 5.55. The first-order valence-corrected chi connectivity index (χ1v) is 2.92. The van der Waals surface area contributed by atoms with E-state index in [1.54, 1.807) is 19.1 Å². The van der Waals surface area contributed by atoms with E-state index in [0.717, 1.165) is 0 Å².